The molecule has 1 amide bonds. The molecule has 2 N–H and O–H groups in total. The topological polar surface area (TPSA) is 52.3 Å². The summed E-state index contributed by atoms with van der Waals surface area (Å²) in [5, 5.41) is 0. The highest BCUT2D eigenvalue weighted by Crippen LogP contribution is 2.27. The maximum atomic E-state index is 12.7. The van der Waals surface area contributed by atoms with E-state index in [1.807, 2.05) is 6.92 Å². The summed E-state index contributed by atoms with van der Waals surface area (Å²) in [7, 11) is 0. The van der Waals surface area contributed by atoms with Crippen LogP contribution >= 0.6 is 0 Å². The summed E-state index contributed by atoms with van der Waals surface area (Å²) in [6.07, 6.45) is -0.935. The van der Waals surface area contributed by atoms with Crippen LogP contribution in [-0.4, -0.2) is 12.5 Å². The molecule has 94 valence electrons. The molecule has 1 aromatic rings. The van der Waals surface area contributed by atoms with Crippen LogP contribution in [-0.2, 0) is 0 Å². The predicted octanol–water partition coefficient (Wildman–Crippen LogP) is 2.90. The summed E-state index contributed by atoms with van der Waals surface area (Å²) in [6, 6.07) is 3.91. The lowest BCUT2D eigenvalue weighted by Crippen LogP contribution is -2.14. The van der Waals surface area contributed by atoms with Crippen molar-refractivity contribution in [2.75, 3.05) is 6.61 Å². The van der Waals surface area contributed by atoms with Gasteiger partial charge in [0.05, 0.1) is 6.61 Å². The molecule has 5 heteroatoms. The summed E-state index contributed by atoms with van der Waals surface area (Å²) < 4.78 is 30.7. The van der Waals surface area contributed by atoms with Crippen molar-refractivity contribution in [1.82, 2.24) is 0 Å². The first kappa shape index (κ1) is 13.4. The fourth-order valence-corrected chi connectivity index (χ4v) is 1.37. The van der Waals surface area contributed by atoms with Gasteiger partial charge in [0.25, 0.3) is 6.43 Å². The Morgan fingerprint density at radius 3 is 2.71 bits per heavy atom. The van der Waals surface area contributed by atoms with E-state index in [9.17, 15) is 13.6 Å². The summed E-state index contributed by atoms with van der Waals surface area (Å²) in [5.74, 6) is -0.529. The number of ether oxygens (including phenoxy) is 1. The lowest BCUT2D eigenvalue weighted by Gasteiger charge is -2.10. The number of unbranched alkanes of at least 4 members (excludes halogenated alkanes) is 1. The zero-order chi connectivity index (χ0) is 12.8. The standard InChI is InChI=1S/C12H15F2NO2/c1-2-3-6-17-8-4-5-9(12(15)16)10(7-8)11(13)14/h4-5,7,11H,2-3,6H2,1H3,(H2,15,16). The Balaban J connectivity index is 2.90. The fourth-order valence-electron chi connectivity index (χ4n) is 1.37. The first-order valence-corrected chi connectivity index (χ1v) is 5.41. The van der Waals surface area contributed by atoms with Gasteiger partial charge in [0.1, 0.15) is 5.75 Å². The zero-order valence-corrected chi connectivity index (χ0v) is 9.58. The molecular formula is C12H15F2NO2. The van der Waals surface area contributed by atoms with Crippen molar-refractivity contribution in [2.45, 2.75) is 26.2 Å². The summed E-state index contributed by atoms with van der Waals surface area (Å²) >= 11 is 0. The van der Waals surface area contributed by atoms with Crippen LogP contribution in [0.15, 0.2) is 18.2 Å². The Bertz CT molecular complexity index is 394. The van der Waals surface area contributed by atoms with Crippen molar-refractivity contribution in [3.63, 3.8) is 0 Å². The van der Waals surface area contributed by atoms with E-state index in [-0.39, 0.29) is 11.1 Å². The highest BCUT2D eigenvalue weighted by Gasteiger charge is 2.17. The second kappa shape index (κ2) is 6.18. The number of amides is 1. The van der Waals surface area contributed by atoms with Crippen LogP contribution in [0.5, 0.6) is 5.75 Å². The lowest BCUT2D eigenvalue weighted by atomic mass is 10.1. The highest BCUT2D eigenvalue weighted by atomic mass is 19.3. The Kier molecular flexibility index (Phi) is 4.87. The van der Waals surface area contributed by atoms with Gasteiger partial charge in [0.15, 0.2) is 0 Å². The van der Waals surface area contributed by atoms with Gasteiger partial charge in [-0.1, -0.05) is 13.3 Å². The Morgan fingerprint density at radius 2 is 2.18 bits per heavy atom. The van der Waals surface area contributed by atoms with Gasteiger partial charge in [-0.15, -0.1) is 0 Å². The summed E-state index contributed by atoms with van der Waals surface area (Å²) in [6.45, 7) is 2.47. The molecule has 0 aliphatic rings. The number of benzene rings is 1. The monoisotopic (exact) mass is 243 g/mol. The molecule has 1 aromatic carbocycles. The number of halogens is 2. The molecule has 0 aliphatic carbocycles. The number of nitrogens with two attached hydrogens (primary N) is 1. The molecule has 0 bridgehead atoms. The number of primary amides is 1. The van der Waals surface area contributed by atoms with E-state index >= 15 is 0 Å². The number of carbonyl (C=O) groups is 1. The normalized spacial score (nSPS) is 10.6. The average molecular weight is 243 g/mol. The molecule has 0 aromatic heterocycles. The molecule has 0 saturated heterocycles. The first-order chi connectivity index (χ1) is 8.06. The molecule has 0 unspecified atom stereocenters. The quantitative estimate of drug-likeness (QED) is 0.781. The highest BCUT2D eigenvalue weighted by molar-refractivity contribution is 5.94. The van der Waals surface area contributed by atoms with Gasteiger partial charge < -0.3 is 10.5 Å². The Hall–Kier alpha value is -1.65. The minimum atomic E-state index is -2.74. The number of carbonyl (C=O) groups excluding carboxylic acids is 1. The zero-order valence-electron chi connectivity index (χ0n) is 9.58. The SMILES string of the molecule is CCCCOc1ccc(C(N)=O)c(C(F)F)c1. The maximum absolute atomic E-state index is 12.7. The van der Waals surface area contributed by atoms with Crippen LogP contribution in [0.3, 0.4) is 0 Å². The van der Waals surface area contributed by atoms with E-state index in [2.05, 4.69) is 0 Å². The van der Waals surface area contributed by atoms with E-state index in [0.717, 1.165) is 12.8 Å². The fraction of sp³-hybridized carbons (Fsp3) is 0.417. The summed E-state index contributed by atoms with van der Waals surface area (Å²) in [4.78, 5) is 10.9. The molecular weight excluding hydrogens is 228 g/mol. The molecule has 1 rings (SSSR count). The smallest absolute Gasteiger partial charge is 0.264 e. The van der Waals surface area contributed by atoms with Gasteiger partial charge in [-0.2, -0.15) is 0 Å². The maximum Gasteiger partial charge on any atom is 0.264 e. The predicted molar refractivity (Wildman–Crippen MR) is 60.3 cm³/mol. The van der Waals surface area contributed by atoms with Crippen molar-refractivity contribution < 1.29 is 18.3 Å². The van der Waals surface area contributed by atoms with Crippen molar-refractivity contribution in [3.05, 3.63) is 29.3 Å². The van der Waals surface area contributed by atoms with E-state index in [4.69, 9.17) is 10.5 Å². The molecule has 3 nitrogen and oxygen atoms in total. The molecule has 0 heterocycles. The molecule has 17 heavy (non-hydrogen) atoms. The summed E-state index contributed by atoms with van der Waals surface area (Å²) in [5.41, 5.74) is 4.46. The molecule has 0 atom stereocenters. The van der Waals surface area contributed by atoms with Gasteiger partial charge in [0, 0.05) is 11.1 Å². The number of rotatable bonds is 6. The molecule has 0 radical (unpaired) electrons. The van der Waals surface area contributed by atoms with Crippen molar-refractivity contribution in [3.8, 4) is 5.75 Å². The van der Waals surface area contributed by atoms with E-state index in [1.54, 1.807) is 0 Å². The number of hydrogen-bond donors (Lipinski definition) is 1. The molecule has 0 saturated carbocycles. The first-order valence-electron chi connectivity index (χ1n) is 5.41. The van der Waals surface area contributed by atoms with E-state index in [1.165, 1.54) is 18.2 Å². The Morgan fingerprint density at radius 1 is 1.47 bits per heavy atom. The number of alkyl halides is 2. The van der Waals surface area contributed by atoms with E-state index in [0.29, 0.717) is 12.4 Å². The second-order valence-corrected chi connectivity index (χ2v) is 3.62. The lowest BCUT2D eigenvalue weighted by molar-refractivity contribution is 0.0986. The van der Waals surface area contributed by atoms with Crippen molar-refractivity contribution >= 4 is 5.91 Å². The van der Waals surface area contributed by atoms with Crippen LogP contribution in [0.1, 0.15) is 42.1 Å². The van der Waals surface area contributed by atoms with Crippen LogP contribution in [0.4, 0.5) is 8.78 Å². The minimum Gasteiger partial charge on any atom is -0.494 e. The van der Waals surface area contributed by atoms with Gasteiger partial charge in [-0.25, -0.2) is 8.78 Å². The second-order valence-electron chi connectivity index (χ2n) is 3.62. The van der Waals surface area contributed by atoms with Crippen LogP contribution in [0.2, 0.25) is 0 Å². The molecule has 0 aliphatic heterocycles. The average Bonchev–Trinajstić information content (AvgIpc) is 2.29. The van der Waals surface area contributed by atoms with Crippen molar-refractivity contribution in [2.24, 2.45) is 5.73 Å². The largest absolute Gasteiger partial charge is 0.494 e. The van der Waals surface area contributed by atoms with E-state index < -0.39 is 12.3 Å². The Labute approximate surface area is 98.6 Å². The third-order valence-electron chi connectivity index (χ3n) is 2.29. The van der Waals surface area contributed by atoms with Gasteiger partial charge in [-0.3, -0.25) is 4.79 Å². The third-order valence-corrected chi connectivity index (χ3v) is 2.29. The number of hydrogen-bond acceptors (Lipinski definition) is 2. The van der Waals surface area contributed by atoms with Crippen molar-refractivity contribution in [1.29, 1.82) is 0 Å². The van der Waals surface area contributed by atoms with Crippen LogP contribution < -0.4 is 10.5 Å². The third kappa shape index (κ3) is 3.69. The minimum absolute atomic E-state index is 0.164. The molecule has 0 spiro atoms. The molecule has 0 fully saturated rings. The van der Waals surface area contributed by atoms with Gasteiger partial charge in [-0.05, 0) is 24.6 Å². The van der Waals surface area contributed by atoms with Crippen LogP contribution in [0, 0.1) is 0 Å². The van der Waals surface area contributed by atoms with Gasteiger partial charge >= 0.3 is 0 Å². The van der Waals surface area contributed by atoms with Crippen LogP contribution in [0.25, 0.3) is 0 Å². The van der Waals surface area contributed by atoms with Gasteiger partial charge in [0.2, 0.25) is 5.91 Å².